The van der Waals surface area contributed by atoms with Crippen LogP contribution in [0.25, 0.3) is 0 Å². The van der Waals surface area contributed by atoms with Crippen molar-refractivity contribution >= 4 is 46.2 Å². The number of nitrogens with zero attached hydrogens (tertiary/aromatic N) is 1. The highest BCUT2D eigenvalue weighted by Gasteiger charge is 2.19. The fraction of sp³-hybridized carbons (Fsp3) is 0.350. The Hall–Kier alpha value is -2.15. The van der Waals surface area contributed by atoms with E-state index in [2.05, 4.69) is 15.5 Å². The quantitative estimate of drug-likeness (QED) is 0.695. The first-order valence-corrected chi connectivity index (χ1v) is 9.82. The lowest BCUT2D eigenvalue weighted by Gasteiger charge is -2.31. The predicted molar refractivity (Wildman–Crippen MR) is 114 cm³/mol. The van der Waals surface area contributed by atoms with Gasteiger partial charge in [-0.3, -0.25) is 4.79 Å². The highest BCUT2D eigenvalue weighted by molar-refractivity contribution is 6.34. The third-order valence-corrected chi connectivity index (χ3v) is 4.96. The number of nitrogens with one attached hydrogen (secondary N) is 2. The molecule has 1 aliphatic heterocycles. The molecule has 1 aliphatic rings. The Morgan fingerprint density at radius 1 is 1.18 bits per heavy atom. The zero-order valence-electron chi connectivity index (χ0n) is 15.6. The molecule has 2 aromatic carbocycles. The minimum Gasteiger partial charge on any atom is -0.495 e. The van der Waals surface area contributed by atoms with Crippen molar-refractivity contribution in [3.8, 4) is 5.75 Å². The summed E-state index contributed by atoms with van der Waals surface area (Å²) in [6.07, 6.45) is 0.282. The molecule has 0 unspecified atom stereocenters. The maximum atomic E-state index is 12.5. The predicted octanol–water partition coefficient (Wildman–Crippen LogP) is 4.28. The summed E-state index contributed by atoms with van der Waals surface area (Å²) >= 11 is 12.4. The summed E-state index contributed by atoms with van der Waals surface area (Å²) in [4.78, 5) is 14.6. The lowest BCUT2D eigenvalue weighted by atomic mass is 10.2. The smallest absolute Gasteiger partial charge is 0.226 e. The van der Waals surface area contributed by atoms with Crippen LogP contribution in [-0.2, 0) is 9.53 Å². The molecule has 0 atom stereocenters. The van der Waals surface area contributed by atoms with Gasteiger partial charge in [0.15, 0.2) is 0 Å². The van der Waals surface area contributed by atoms with E-state index in [9.17, 15) is 4.79 Å². The second-order valence-electron chi connectivity index (χ2n) is 6.30. The average Bonchev–Trinajstić information content (AvgIpc) is 2.69. The zero-order valence-corrected chi connectivity index (χ0v) is 17.1. The van der Waals surface area contributed by atoms with Crippen molar-refractivity contribution in [3.05, 3.63) is 46.4 Å². The van der Waals surface area contributed by atoms with E-state index < -0.39 is 0 Å². The summed E-state index contributed by atoms with van der Waals surface area (Å²) in [5.41, 5.74) is 2.30. The Morgan fingerprint density at radius 3 is 2.71 bits per heavy atom. The Labute approximate surface area is 174 Å². The van der Waals surface area contributed by atoms with Crippen molar-refractivity contribution < 1.29 is 14.3 Å². The van der Waals surface area contributed by atoms with E-state index in [4.69, 9.17) is 32.7 Å². The number of rotatable bonds is 7. The van der Waals surface area contributed by atoms with E-state index >= 15 is 0 Å². The molecule has 8 heteroatoms. The molecule has 6 nitrogen and oxygen atoms in total. The van der Waals surface area contributed by atoms with E-state index in [-0.39, 0.29) is 12.3 Å². The Bertz CT molecular complexity index is 826. The van der Waals surface area contributed by atoms with Gasteiger partial charge in [-0.2, -0.15) is 0 Å². The van der Waals surface area contributed by atoms with Crippen LogP contribution < -0.4 is 20.3 Å². The van der Waals surface area contributed by atoms with Crippen molar-refractivity contribution in [2.45, 2.75) is 6.42 Å². The lowest BCUT2D eigenvalue weighted by molar-refractivity contribution is -0.115. The number of anilines is 3. The van der Waals surface area contributed by atoms with Gasteiger partial charge in [-0.25, -0.2) is 0 Å². The number of ether oxygens (including phenoxy) is 2. The van der Waals surface area contributed by atoms with Crippen LogP contribution in [0, 0.1) is 0 Å². The van der Waals surface area contributed by atoms with Gasteiger partial charge in [0.1, 0.15) is 5.75 Å². The molecule has 1 heterocycles. The number of benzene rings is 2. The van der Waals surface area contributed by atoms with Crippen molar-refractivity contribution in [1.82, 2.24) is 0 Å². The summed E-state index contributed by atoms with van der Waals surface area (Å²) < 4.78 is 10.7. The van der Waals surface area contributed by atoms with Crippen molar-refractivity contribution in [2.75, 3.05) is 55.5 Å². The first-order chi connectivity index (χ1) is 13.6. The third-order valence-electron chi connectivity index (χ3n) is 4.42. The number of carbonyl (C=O) groups excluding carboxylic acids is 1. The first-order valence-electron chi connectivity index (χ1n) is 9.07. The molecule has 0 radical (unpaired) electrons. The maximum Gasteiger partial charge on any atom is 0.226 e. The third kappa shape index (κ3) is 5.22. The number of methoxy groups -OCH3 is 1. The fourth-order valence-electron chi connectivity index (χ4n) is 3.07. The topological polar surface area (TPSA) is 62.8 Å². The van der Waals surface area contributed by atoms with E-state index in [0.717, 1.165) is 24.5 Å². The standard InChI is InChI=1S/C20H23Cl2N3O3/c1-27-18-6-5-14(21)13-17(18)23-8-7-19(26)24-16-4-2-3-15(22)20(16)25-9-11-28-12-10-25/h2-6,13,23H,7-12H2,1H3,(H,24,26). The fourth-order valence-corrected chi connectivity index (χ4v) is 3.53. The summed E-state index contributed by atoms with van der Waals surface area (Å²) in [7, 11) is 1.59. The molecule has 0 aromatic heterocycles. The van der Waals surface area contributed by atoms with E-state index in [1.165, 1.54) is 0 Å². The highest BCUT2D eigenvalue weighted by Crippen LogP contribution is 2.34. The molecule has 3 rings (SSSR count). The minimum absolute atomic E-state index is 0.106. The molecule has 28 heavy (non-hydrogen) atoms. The van der Waals surface area contributed by atoms with Crippen molar-refractivity contribution in [2.24, 2.45) is 0 Å². The van der Waals surface area contributed by atoms with Crippen LogP contribution >= 0.6 is 23.2 Å². The van der Waals surface area contributed by atoms with E-state index in [1.807, 2.05) is 18.2 Å². The second-order valence-corrected chi connectivity index (χ2v) is 7.15. The molecule has 2 N–H and O–H groups in total. The molecule has 0 aliphatic carbocycles. The zero-order chi connectivity index (χ0) is 19.9. The molecular formula is C20H23Cl2N3O3. The van der Waals surface area contributed by atoms with Gasteiger partial charge in [0.05, 0.1) is 42.4 Å². The Balaban J connectivity index is 1.61. The van der Waals surface area contributed by atoms with Crippen molar-refractivity contribution in [3.63, 3.8) is 0 Å². The number of amides is 1. The average molecular weight is 424 g/mol. The van der Waals surface area contributed by atoms with Gasteiger partial charge >= 0.3 is 0 Å². The number of hydrogen-bond acceptors (Lipinski definition) is 5. The Kier molecular flexibility index (Phi) is 7.25. The molecular weight excluding hydrogens is 401 g/mol. The van der Waals surface area contributed by atoms with Gasteiger partial charge in [-0.05, 0) is 30.3 Å². The summed E-state index contributed by atoms with van der Waals surface area (Å²) in [5, 5.41) is 7.37. The van der Waals surface area contributed by atoms with Gasteiger partial charge < -0.3 is 25.0 Å². The minimum atomic E-state index is -0.106. The molecule has 1 fully saturated rings. The van der Waals surface area contributed by atoms with E-state index in [0.29, 0.717) is 41.2 Å². The van der Waals surface area contributed by atoms with Crippen LogP contribution in [-0.4, -0.2) is 45.9 Å². The number of carbonyl (C=O) groups is 1. The van der Waals surface area contributed by atoms with Gasteiger partial charge in [-0.15, -0.1) is 0 Å². The van der Waals surface area contributed by atoms with E-state index in [1.54, 1.807) is 25.3 Å². The normalized spacial score (nSPS) is 13.9. The second kappa shape index (κ2) is 9.87. The molecule has 150 valence electrons. The molecule has 0 spiro atoms. The molecule has 1 amide bonds. The number of halogens is 2. The molecule has 0 bridgehead atoms. The lowest BCUT2D eigenvalue weighted by Crippen LogP contribution is -2.37. The number of morpholine rings is 1. The van der Waals surface area contributed by atoms with Crippen LogP contribution in [0.3, 0.4) is 0 Å². The number of para-hydroxylation sites is 1. The van der Waals surface area contributed by atoms with Crippen molar-refractivity contribution in [1.29, 1.82) is 0 Å². The first kappa shape index (κ1) is 20.6. The SMILES string of the molecule is COc1ccc(Cl)cc1NCCC(=O)Nc1cccc(Cl)c1N1CCOCC1. The van der Waals surface area contributed by atoms with Gasteiger partial charge in [0.2, 0.25) is 5.91 Å². The highest BCUT2D eigenvalue weighted by atomic mass is 35.5. The Morgan fingerprint density at radius 2 is 1.96 bits per heavy atom. The molecule has 0 saturated carbocycles. The maximum absolute atomic E-state index is 12.5. The summed E-state index contributed by atoms with van der Waals surface area (Å²) in [5.74, 6) is 0.569. The van der Waals surface area contributed by atoms with Crippen LogP contribution in [0.5, 0.6) is 5.75 Å². The summed E-state index contributed by atoms with van der Waals surface area (Å²) in [6, 6.07) is 10.8. The van der Waals surface area contributed by atoms with Gasteiger partial charge in [0, 0.05) is 31.1 Å². The van der Waals surface area contributed by atoms with Crippen LogP contribution in [0.1, 0.15) is 6.42 Å². The largest absolute Gasteiger partial charge is 0.495 e. The monoisotopic (exact) mass is 423 g/mol. The van der Waals surface area contributed by atoms with Crippen LogP contribution in [0.2, 0.25) is 10.0 Å². The van der Waals surface area contributed by atoms with Gasteiger partial charge in [0.25, 0.3) is 0 Å². The van der Waals surface area contributed by atoms with Gasteiger partial charge in [-0.1, -0.05) is 29.3 Å². The molecule has 2 aromatic rings. The number of hydrogen-bond donors (Lipinski definition) is 2. The van der Waals surface area contributed by atoms with Crippen LogP contribution in [0.15, 0.2) is 36.4 Å². The van der Waals surface area contributed by atoms with Crippen LogP contribution in [0.4, 0.5) is 17.1 Å². The summed E-state index contributed by atoms with van der Waals surface area (Å²) in [6.45, 7) is 3.20. The molecule has 1 saturated heterocycles.